The highest BCUT2D eigenvalue weighted by Crippen LogP contribution is 2.08. The SMILES string of the molecule is CC[S+]([O-])N(C/C=C(\C)CCC=C(C)C)CCN. The third kappa shape index (κ3) is 8.75. The Balaban J connectivity index is 4.17. The van der Waals surface area contributed by atoms with Crippen LogP contribution >= 0.6 is 0 Å². The molecule has 0 fully saturated rings. The zero-order valence-corrected chi connectivity index (χ0v) is 13.1. The van der Waals surface area contributed by atoms with E-state index < -0.39 is 11.4 Å². The van der Waals surface area contributed by atoms with Gasteiger partial charge in [-0.25, -0.2) is 0 Å². The van der Waals surface area contributed by atoms with E-state index in [9.17, 15) is 4.55 Å². The molecule has 0 heterocycles. The molecule has 3 nitrogen and oxygen atoms in total. The maximum atomic E-state index is 11.8. The molecule has 0 radical (unpaired) electrons. The van der Waals surface area contributed by atoms with Gasteiger partial charge in [0.05, 0.1) is 13.1 Å². The second-order valence-electron chi connectivity index (χ2n) is 4.66. The molecule has 4 heteroatoms. The summed E-state index contributed by atoms with van der Waals surface area (Å²) < 4.78 is 13.7. The monoisotopic (exact) mass is 272 g/mol. The van der Waals surface area contributed by atoms with Crippen molar-refractivity contribution in [3.8, 4) is 0 Å². The molecule has 18 heavy (non-hydrogen) atoms. The summed E-state index contributed by atoms with van der Waals surface area (Å²) in [5.74, 6) is 0.657. The van der Waals surface area contributed by atoms with Crippen LogP contribution < -0.4 is 5.73 Å². The average molecular weight is 272 g/mol. The van der Waals surface area contributed by atoms with Crippen molar-refractivity contribution in [2.24, 2.45) is 5.73 Å². The van der Waals surface area contributed by atoms with Crippen molar-refractivity contribution in [1.82, 2.24) is 4.31 Å². The predicted molar refractivity (Wildman–Crippen MR) is 81.7 cm³/mol. The van der Waals surface area contributed by atoms with Crippen LogP contribution in [0.5, 0.6) is 0 Å². The van der Waals surface area contributed by atoms with E-state index in [4.69, 9.17) is 5.73 Å². The van der Waals surface area contributed by atoms with Crippen LogP contribution in [-0.2, 0) is 11.4 Å². The first-order chi connectivity index (χ1) is 8.51. The minimum atomic E-state index is -0.897. The average Bonchev–Trinajstić information content (AvgIpc) is 2.33. The Kier molecular flexibility index (Phi) is 10.4. The summed E-state index contributed by atoms with van der Waals surface area (Å²) in [5, 5.41) is 0. The molecule has 0 spiro atoms. The number of nitrogens with zero attached hydrogens (tertiary/aromatic N) is 1. The molecular formula is C14H28N2OS. The van der Waals surface area contributed by atoms with Crippen LogP contribution in [0.15, 0.2) is 23.3 Å². The predicted octanol–water partition coefficient (Wildman–Crippen LogP) is 2.62. The van der Waals surface area contributed by atoms with Crippen molar-refractivity contribution in [2.75, 3.05) is 25.4 Å². The molecule has 0 aliphatic carbocycles. The molecule has 0 aromatic heterocycles. The topological polar surface area (TPSA) is 52.3 Å². The largest absolute Gasteiger partial charge is 0.598 e. The summed E-state index contributed by atoms with van der Waals surface area (Å²) in [4.78, 5) is 0. The lowest BCUT2D eigenvalue weighted by Gasteiger charge is -2.21. The molecule has 1 unspecified atom stereocenters. The first-order valence-electron chi connectivity index (χ1n) is 6.63. The Labute approximate surface area is 115 Å². The van der Waals surface area contributed by atoms with Gasteiger partial charge in [-0.2, -0.15) is 0 Å². The molecule has 0 bridgehead atoms. The highest BCUT2D eigenvalue weighted by atomic mass is 32.2. The normalized spacial score (nSPS) is 13.8. The summed E-state index contributed by atoms with van der Waals surface area (Å²) in [5.41, 5.74) is 8.25. The summed E-state index contributed by atoms with van der Waals surface area (Å²) in [6.45, 7) is 10.3. The Morgan fingerprint density at radius 2 is 1.94 bits per heavy atom. The molecule has 1 atom stereocenters. The summed E-state index contributed by atoms with van der Waals surface area (Å²) >= 11 is -0.897. The minimum Gasteiger partial charge on any atom is -0.598 e. The van der Waals surface area contributed by atoms with Gasteiger partial charge in [0.15, 0.2) is 0 Å². The van der Waals surface area contributed by atoms with Gasteiger partial charge in [-0.1, -0.05) is 23.3 Å². The van der Waals surface area contributed by atoms with Gasteiger partial charge in [-0.05, 0) is 40.5 Å². The molecule has 0 amide bonds. The third-order valence-electron chi connectivity index (χ3n) is 2.65. The lowest BCUT2D eigenvalue weighted by atomic mass is 10.1. The number of nitrogens with two attached hydrogens (primary N) is 1. The lowest BCUT2D eigenvalue weighted by molar-refractivity contribution is 0.449. The van der Waals surface area contributed by atoms with E-state index in [-0.39, 0.29) is 0 Å². The molecule has 2 N–H and O–H groups in total. The number of allylic oxidation sites excluding steroid dienone is 3. The van der Waals surface area contributed by atoms with Crippen molar-refractivity contribution >= 4 is 11.4 Å². The third-order valence-corrected chi connectivity index (χ3v) is 4.05. The smallest absolute Gasteiger partial charge is 0.123 e. The minimum absolute atomic E-state index is 0.552. The van der Waals surface area contributed by atoms with E-state index in [2.05, 4.69) is 32.9 Å². The Bertz CT molecular complexity index is 273. The van der Waals surface area contributed by atoms with Gasteiger partial charge in [0.25, 0.3) is 0 Å². The van der Waals surface area contributed by atoms with Crippen LogP contribution in [0.3, 0.4) is 0 Å². The first-order valence-corrected chi connectivity index (χ1v) is 7.91. The van der Waals surface area contributed by atoms with Crippen molar-refractivity contribution < 1.29 is 4.55 Å². The molecule has 0 aromatic carbocycles. The van der Waals surface area contributed by atoms with Gasteiger partial charge in [0, 0.05) is 17.9 Å². The van der Waals surface area contributed by atoms with E-state index in [1.807, 2.05) is 11.2 Å². The quantitative estimate of drug-likeness (QED) is 0.518. The lowest BCUT2D eigenvalue weighted by Crippen LogP contribution is -2.36. The number of hydrogen-bond donors (Lipinski definition) is 1. The molecule has 0 aromatic rings. The molecule has 0 aliphatic heterocycles. The number of rotatable bonds is 9. The van der Waals surface area contributed by atoms with Crippen LogP contribution in [-0.4, -0.2) is 34.2 Å². The summed E-state index contributed by atoms with van der Waals surface area (Å²) in [6, 6.07) is 0. The number of hydrogen-bond acceptors (Lipinski definition) is 3. The first kappa shape index (κ1) is 17.7. The van der Waals surface area contributed by atoms with E-state index in [0.29, 0.717) is 18.8 Å². The molecule has 0 aliphatic rings. The van der Waals surface area contributed by atoms with Crippen molar-refractivity contribution in [2.45, 2.75) is 40.5 Å². The second-order valence-corrected chi connectivity index (χ2v) is 6.39. The zero-order chi connectivity index (χ0) is 14.0. The van der Waals surface area contributed by atoms with Gasteiger partial charge in [0.1, 0.15) is 5.75 Å². The van der Waals surface area contributed by atoms with E-state index in [0.717, 1.165) is 19.4 Å². The van der Waals surface area contributed by atoms with Crippen LogP contribution in [0.4, 0.5) is 0 Å². The zero-order valence-electron chi connectivity index (χ0n) is 12.2. The molecule has 106 valence electrons. The Morgan fingerprint density at radius 3 is 2.44 bits per heavy atom. The van der Waals surface area contributed by atoms with Gasteiger partial charge in [-0.3, -0.25) is 0 Å². The second kappa shape index (κ2) is 10.6. The van der Waals surface area contributed by atoms with E-state index >= 15 is 0 Å². The van der Waals surface area contributed by atoms with Gasteiger partial charge in [0.2, 0.25) is 0 Å². The van der Waals surface area contributed by atoms with Crippen LogP contribution in [0.2, 0.25) is 0 Å². The fraction of sp³-hybridized carbons (Fsp3) is 0.714. The van der Waals surface area contributed by atoms with Gasteiger partial charge >= 0.3 is 0 Å². The Hall–Kier alpha value is -0.290. The highest BCUT2D eigenvalue weighted by Gasteiger charge is 2.14. The van der Waals surface area contributed by atoms with Gasteiger partial charge < -0.3 is 10.3 Å². The van der Waals surface area contributed by atoms with E-state index in [1.54, 1.807) is 0 Å². The highest BCUT2D eigenvalue weighted by molar-refractivity contribution is 7.89. The molecule has 0 rings (SSSR count). The maximum absolute atomic E-state index is 11.8. The summed E-state index contributed by atoms with van der Waals surface area (Å²) in [6.07, 6.45) is 6.57. The fourth-order valence-corrected chi connectivity index (χ4v) is 2.47. The van der Waals surface area contributed by atoms with Crippen LogP contribution in [0, 0.1) is 0 Å². The molecular weight excluding hydrogens is 244 g/mol. The van der Waals surface area contributed by atoms with Crippen LogP contribution in [0.25, 0.3) is 0 Å². The van der Waals surface area contributed by atoms with Crippen molar-refractivity contribution in [3.05, 3.63) is 23.3 Å². The van der Waals surface area contributed by atoms with Crippen molar-refractivity contribution in [3.63, 3.8) is 0 Å². The van der Waals surface area contributed by atoms with Crippen LogP contribution in [0.1, 0.15) is 40.5 Å². The van der Waals surface area contributed by atoms with Crippen molar-refractivity contribution in [1.29, 1.82) is 0 Å². The van der Waals surface area contributed by atoms with Gasteiger partial charge in [-0.15, -0.1) is 4.31 Å². The Morgan fingerprint density at radius 1 is 1.28 bits per heavy atom. The molecule has 0 saturated heterocycles. The maximum Gasteiger partial charge on any atom is 0.123 e. The standard InChI is InChI=1S/C14H28N2OS/c1-5-18(17)16(12-10-15)11-9-14(4)8-6-7-13(2)3/h7,9H,5-6,8,10-12,15H2,1-4H3/b14-9+. The molecule has 0 saturated carbocycles. The summed E-state index contributed by atoms with van der Waals surface area (Å²) in [7, 11) is 0. The van der Waals surface area contributed by atoms with E-state index in [1.165, 1.54) is 11.1 Å². The fourth-order valence-electron chi connectivity index (χ4n) is 1.55.